The van der Waals surface area contributed by atoms with E-state index >= 15 is 0 Å². The molecule has 1 unspecified atom stereocenters. The van der Waals surface area contributed by atoms with Crippen LogP contribution in [0, 0.1) is 0 Å². The fourth-order valence-corrected chi connectivity index (χ4v) is 3.14. The van der Waals surface area contributed by atoms with Gasteiger partial charge in [-0.3, -0.25) is 0 Å². The van der Waals surface area contributed by atoms with Crippen LogP contribution in [0.15, 0.2) is 54.6 Å². The molecule has 0 spiro atoms. The predicted molar refractivity (Wildman–Crippen MR) is 99.6 cm³/mol. The third-order valence-corrected chi connectivity index (χ3v) is 4.31. The summed E-state index contributed by atoms with van der Waals surface area (Å²) < 4.78 is 7.46. The van der Waals surface area contributed by atoms with Crippen LogP contribution >= 0.6 is 0 Å². The van der Waals surface area contributed by atoms with E-state index in [4.69, 9.17) is 9.72 Å². The maximum atomic E-state index is 12.8. The zero-order valence-electron chi connectivity index (χ0n) is 14.8. The molecule has 0 saturated carbocycles. The van der Waals surface area contributed by atoms with Crippen LogP contribution in [0.1, 0.15) is 44.1 Å². The number of hydrogen-bond acceptors (Lipinski definition) is 3. The second-order valence-corrected chi connectivity index (χ2v) is 6.06. The number of nitrogens with zero attached hydrogens (tertiary/aromatic N) is 2. The number of carbonyl (C=O) groups is 1. The van der Waals surface area contributed by atoms with E-state index in [1.807, 2.05) is 61.5 Å². The number of hydrogen-bond donors (Lipinski definition) is 0. The molecular weight excluding hydrogens is 312 g/mol. The van der Waals surface area contributed by atoms with Crippen LogP contribution in [-0.2, 0) is 16.0 Å². The van der Waals surface area contributed by atoms with Crippen molar-refractivity contribution in [1.29, 1.82) is 0 Å². The molecule has 0 amide bonds. The molecular formula is C21H24N2O2. The molecule has 0 bridgehead atoms. The maximum Gasteiger partial charge on any atom is 0.333 e. The first-order valence-electron chi connectivity index (χ1n) is 8.93. The standard InChI is InChI=1S/C21H24N2O2/c1-3-5-15-19-22-17-13-9-10-14-18(17)23(19)20(21(24)25-4-2)16-11-7-6-8-12-16/h6-14,20H,3-5,15H2,1-2H3. The summed E-state index contributed by atoms with van der Waals surface area (Å²) >= 11 is 0. The van der Waals surface area contributed by atoms with Crippen LogP contribution in [0.25, 0.3) is 11.0 Å². The fourth-order valence-electron chi connectivity index (χ4n) is 3.14. The largest absolute Gasteiger partial charge is 0.464 e. The molecule has 25 heavy (non-hydrogen) atoms. The van der Waals surface area contributed by atoms with Gasteiger partial charge in [-0.15, -0.1) is 0 Å². The molecule has 1 atom stereocenters. The molecule has 0 aliphatic rings. The molecule has 3 rings (SSSR count). The van der Waals surface area contributed by atoms with Crippen molar-refractivity contribution in [2.75, 3.05) is 6.61 Å². The summed E-state index contributed by atoms with van der Waals surface area (Å²) in [5, 5.41) is 0. The number of ether oxygens (including phenoxy) is 1. The zero-order valence-corrected chi connectivity index (χ0v) is 14.8. The monoisotopic (exact) mass is 336 g/mol. The maximum absolute atomic E-state index is 12.8. The van der Waals surface area contributed by atoms with Crippen LogP contribution < -0.4 is 0 Å². The average molecular weight is 336 g/mol. The first-order chi connectivity index (χ1) is 12.3. The van der Waals surface area contributed by atoms with Gasteiger partial charge in [-0.05, 0) is 31.0 Å². The van der Waals surface area contributed by atoms with Crippen molar-refractivity contribution in [2.45, 2.75) is 39.2 Å². The van der Waals surface area contributed by atoms with Gasteiger partial charge in [-0.2, -0.15) is 0 Å². The number of esters is 1. The summed E-state index contributed by atoms with van der Waals surface area (Å²) in [5.74, 6) is 0.694. The highest BCUT2D eigenvalue weighted by atomic mass is 16.5. The number of rotatable bonds is 7. The van der Waals surface area contributed by atoms with Gasteiger partial charge in [0.25, 0.3) is 0 Å². The van der Waals surface area contributed by atoms with Gasteiger partial charge in [-0.25, -0.2) is 9.78 Å². The molecule has 3 aromatic rings. The van der Waals surface area contributed by atoms with E-state index in [0.717, 1.165) is 41.7 Å². The van der Waals surface area contributed by atoms with Crippen LogP contribution in [0.5, 0.6) is 0 Å². The highest BCUT2D eigenvalue weighted by molar-refractivity contribution is 5.83. The lowest BCUT2D eigenvalue weighted by Crippen LogP contribution is -2.25. The summed E-state index contributed by atoms with van der Waals surface area (Å²) in [7, 11) is 0. The number of para-hydroxylation sites is 2. The lowest BCUT2D eigenvalue weighted by Gasteiger charge is -2.21. The SMILES string of the molecule is CCCCc1nc2ccccc2n1C(C(=O)OCC)c1ccccc1. The van der Waals surface area contributed by atoms with Crippen molar-refractivity contribution in [3.8, 4) is 0 Å². The third-order valence-electron chi connectivity index (χ3n) is 4.31. The van der Waals surface area contributed by atoms with Gasteiger partial charge in [0, 0.05) is 6.42 Å². The van der Waals surface area contributed by atoms with Gasteiger partial charge < -0.3 is 9.30 Å². The van der Waals surface area contributed by atoms with Gasteiger partial charge in [0.1, 0.15) is 5.82 Å². The minimum atomic E-state index is -0.514. The van der Waals surface area contributed by atoms with Crippen LogP contribution in [0.3, 0.4) is 0 Å². The Bertz CT molecular complexity index is 839. The molecule has 0 saturated heterocycles. The topological polar surface area (TPSA) is 44.1 Å². The fraction of sp³-hybridized carbons (Fsp3) is 0.333. The number of carbonyl (C=O) groups excluding carboxylic acids is 1. The number of benzene rings is 2. The second kappa shape index (κ2) is 7.97. The minimum Gasteiger partial charge on any atom is -0.464 e. The third kappa shape index (κ3) is 3.58. The smallest absolute Gasteiger partial charge is 0.333 e. The van der Waals surface area contributed by atoms with Gasteiger partial charge in [0.2, 0.25) is 0 Å². The van der Waals surface area contributed by atoms with Gasteiger partial charge in [-0.1, -0.05) is 55.8 Å². The summed E-state index contributed by atoms with van der Waals surface area (Å²) in [6.45, 7) is 4.36. The quantitative estimate of drug-likeness (QED) is 0.595. The van der Waals surface area contributed by atoms with Crippen molar-refractivity contribution in [3.05, 3.63) is 66.0 Å². The summed E-state index contributed by atoms with van der Waals surface area (Å²) in [4.78, 5) is 17.6. The van der Waals surface area contributed by atoms with Crippen molar-refractivity contribution in [3.63, 3.8) is 0 Å². The number of aromatic nitrogens is 2. The van der Waals surface area contributed by atoms with Crippen LogP contribution in [0.2, 0.25) is 0 Å². The Morgan fingerprint density at radius 2 is 1.80 bits per heavy atom. The first-order valence-corrected chi connectivity index (χ1v) is 8.93. The summed E-state index contributed by atoms with van der Waals surface area (Å²) in [5.41, 5.74) is 2.80. The molecule has 2 aromatic carbocycles. The van der Waals surface area contributed by atoms with E-state index < -0.39 is 6.04 Å². The Labute approximate surface area is 148 Å². The van der Waals surface area contributed by atoms with E-state index in [-0.39, 0.29) is 5.97 Å². The Kier molecular flexibility index (Phi) is 5.49. The van der Waals surface area contributed by atoms with Crippen molar-refractivity contribution < 1.29 is 9.53 Å². The Hall–Kier alpha value is -2.62. The summed E-state index contributed by atoms with van der Waals surface area (Å²) in [6.07, 6.45) is 2.96. The molecule has 4 nitrogen and oxygen atoms in total. The van der Waals surface area contributed by atoms with Crippen molar-refractivity contribution >= 4 is 17.0 Å². The lowest BCUT2D eigenvalue weighted by molar-refractivity contribution is -0.145. The Morgan fingerprint density at radius 1 is 1.08 bits per heavy atom. The van der Waals surface area contributed by atoms with Gasteiger partial charge in [0.05, 0.1) is 17.6 Å². The highest BCUT2D eigenvalue weighted by Crippen LogP contribution is 2.28. The van der Waals surface area contributed by atoms with Crippen molar-refractivity contribution in [2.24, 2.45) is 0 Å². The second-order valence-electron chi connectivity index (χ2n) is 6.06. The highest BCUT2D eigenvalue weighted by Gasteiger charge is 2.28. The molecule has 0 fully saturated rings. The molecule has 0 aliphatic heterocycles. The summed E-state index contributed by atoms with van der Waals surface area (Å²) in [6, 6.07) is 17.3. The minimum absolute atomic E-state index is 0.241. The van der Waals surface area contributed by atoms with Gasteiger partial charge in [0.15, 0.2) is 6.04 Å². The Balaban J connectivity index is 2.18. The molecule has 1 heterocycles. The number of fused-ring (bicyclic) bond motifs is 1. The van der Waals surface area contributed by atoms with E-state index in [1.165, 1.54) is 0 Å². The normalized spacial score (nSPS) is 12.2. The van der Waals surface area contributed by atoms with Crippen LogP contribution in [0.4, 0.5) is 0 Å². The molecule has 0 aliphatic carbocycles. The molecule has 4 heteroatoms. The van der Waals surface area contributed by atoms with Crippen molar-refractivity contribution in [1.82, 2.24) is 9.55 Å². The predicted octanol–water partition coefficient (Wildman–Crippen LogP) is 4.53. The number of unbranched alkanes of at least 4 members (excludes halogenated alkanes) is 1. The number of imidazole rings is 1. The molecule has 1 aromatic heterocycles. The zero-order chi connectivity index (χ0) is 17.6. The first kappa shape index (κ1) is 17.2. The molecule has 130 valence electrons. The van der Waals surface area contributed by atoms with E-state index in [0.29, 0.717) is 6.61 Å². The molecule has 0 N–H and O–H groups in total. The number of aryl methyl sites for hydroxylation is 1. The lowest BCUT2D eigenvalue weighted by atomic mass is 10.1. The Morgan fingerprint density at radius 3 is 2.52 bits per heavy atom. The average Bonchev–Trinajstić information content (AvgIpc) is 3.00. The van der Waals surface area contributed by atoms with Gasteiger partial charge >= 0.3 is 5.97 Å². The van der Waals surface area contributed by atoms with E-state index in [1.54, 1.807) is 0 Å². The van der Waals surface area contributed by atoms with E-state index in [2.05, 4.69) is 11.5 Å². The van der Waals surface area contributed by atoms with E-state index in [9.17, 15) is 4.79 Å². The van der Waals surface area contributed by atoms with Crippen LogP contribution in [-0.4, -0.2) is 22.1 Å². The molecule has 0 radical (unpaired) electrons.